The molecule has 0 spiro atoms. The molecule has 0 aromatic heterocycles. The average Bonchev–Trinajstić information content (AvgIpc) is 3.54. The van der Waals surface area contributed by atoms with Crippen molar-refractivity contribution in [1.29, 1.82) is 0 Å². The van der Waals surface area contributed by atoms with Crippen LogP contribution in [0, 0.1) is 0 Å². The number of benzene rings is 2. The van der Waals surface area contributed by atoms with Crippen molar-refractivity contribution in [2.75, 3.05) is 44.7 Å². The SMILES string of the molecule is CCN1Cc2ccccc2C1.COc1ccc(N2CCN(C(C)=O)CC2)cc1OC1CCCC1. The zero-order valence-corrected chi connectivity index (χ0v) is 21.0. The number of fused-ring (bicyclic) bond motifs is 1. The van der Waals surface area contributed by atoms with Crippen LogP contribution in [0.1, 0.15) is 50.7 Å². The van der Waals surface area contributed by atoms with Crippen molar-refractivity contribution in [3.05, 3.63) is 53.6 Å². The standard InChI is InChI=1S/C18H26N2O3.C10H13N/c1-14(21)19-9-11-20(12-10-19)15-7-8-17(22-2)18(13-15)23-16-5-3-4-6-16;1-2-11-7-9-5-3-4-6-10(9)8-11/h7-8,13,16H,3-6,9-12H2,1-2H3;3-6H,2,7-8H2,1H3. The van der Waals surface area contributed by atoms with Crippen molar-refractivity contribution in [1.82, 2.24) is 9.80 Å². The summed E-state index contributed by atoms with van der Waals surface area (Å²) in [5.41, 5.74) is 4.16. The second-order valence-corrected chi connectivity index (χ2v) is 9.42. The van der Waals surface area contributed by atoms with Gasteiger partial charge in [0.2, 0.25) is 5.91 Å². The predicted molar refractivity (Wildman–Crippen MR) is 137 cm³/mol. The highest BCUT2D eigenvalue weighted by molar-refractivity contribution is 5.73. The molecule has 1 aliphatic carbocycles. The van der Waals surface area contributed by atoms with Crippen LogP contribution < -0.4 is 14.4 Å². The van der Waals surface area contributed by atoms with Crippen LogP contribution in [0.5, 0.6) is 11.5 Å². The fourth-order valence-corrected chi connectivity index (χ4v) is 5.05. The summed E-state index contributed by atoms with van der Waals surface area (Å²) in [6.07, 6.45) is 5.07. The summed E-state index contributed by atoms with van der Waals surface area (Å²) in [6, 6.07) is 14.8. The van der Waals surface area contributed by atoms with Gasteiger partial charge in [0.05, 0.1) is 13.2 Å². The van der Waals surface area contributed by atoms with E-state index in [4.69, 9.17) is 9.47 Å². The van der Waals surface area contributed by atoms with E-state index in [1.807, 2.05) is 11.0 Å². The van der Waals surface area contributed by atoms with Crippen LogP contribution in [0.3, 0.4) is 0 Å². The number of hydrogen-bond donors (Lipinski definition) is 0. The van der Waals surface area contributed by atoms with Gasteiger partial charge in [-0.15, -0.1) is 0 Å². The molecule has 2 heterocycles. The number of carbonyl (C=O) groups is 1. The molecule has 6 nitrogen and oxygen atoms in total. The van der Waals surface area contributed by atoms with E-state index in [2.05, 4.69) is 53.1 Å². The van der Waals surface area contributed by atoms with Crippen molar-refractivity contribution < 1.29 is 14.3 Å². The molecule has 184 valence electrons. The van der Waals surface area contributed by atoms with E-state index >= 15 is 0 Å². The first kappa shape index (κ1) is 24.4. The summed E-state index contributed by atoms with van der Waals surface area (Å²) in [7, 11) is 1.68. The molecule has 34 heavy (non-hydrogen) atoms. The molecule has 1 amide bonds. The van der Waals surface area contributed by atoms with Crippen LogP contribution in [0.4, 0.5) is 5.69 Å². The summed E-state index contributed by atoms with van der Waals surface area (Å²) < 4.78 is 11.6. The third-order valence-electron chi connectivity index (χ3n) is 7.19. The largest absolute Gasteiger partial charge is 0.493 e. The van der Waals surface area contributed by atoms with E-state index in [1.165, 1.54) is 24.0 Å². The molecular formula is C28H39N3O3. The van der Waals surface area contributed by atoms with Gasteiger partial charge in [-0.2, -0.15) is 0 Å². The van der Waals surface area contributed by atoms with E-state index in [0.29, 0.717) is 6.10 Å². The van der Waals surface area contributed by atoms with Gasteiger partial charge in [0, 0.05) is 57.9 Å². The van der Waals surface area contributed by atoms with Crippen molar-refractivity contribution in [3.63, 3.8) is 0 Å². The zero-order valence-electron chi connectivity index (χ0n) is 21.0. The Morgan fingerprint density at radius 2 is 1.59 bits per heavy atom. The summed E-state index contributed by atoms with van der Waals surface area (Å²) in [6.45, 7) is 10.6. The third-order valence-corrected chi connectivity index (χ3v) is 7.19. The van der Waals surface area contributed by atoms with Crippen molar-refractivity contribution in [2.24, 2.45) is 0 Å². The van der Waals surface area contributed by atoms with Crippen LogP contribution in [0.25, 0.3) is 0 Å². The quantitative estimate of drug-likeness (QED) is 0.640. The Labute approximate surface area is 204 Å². The molecule has 1 saturated carbocycles. The minimum absolute atomic E-state index is 0.157. The Bertz CT molecular complexity index is 925. The fourth-order valence-electron chi connectivity index (χ4n) is 5.05. The van der Waals surface area contributed by atoms with Gasteiger partial charge in [-0.05, 0) is 55.5 Å². The summed E-state index contributed by atoms with van der Waals surface area (Å²) >= 11 is 0. The summed E-state index contributed by atoms with van der Waals surface area (Å²) in [5.74, 6) is 1.79. The highest BCUT2D eigenvalue weighted by Crippen LogP contribution is 2.35. The molecule has 0 radical (unpaired) electrons. The number of methoxy groups -OCH3 is 1. The highest BCUT2D eigenvalue weighted by Gasteiger charge is 2.22. The molecule has 2 aromatic carbocycles. The predicted octanol–water partition coefficient (Wildman–Crippen LogP) is 4.71. The van der Waals surface area contributed by atoms with Gasteiger partial charge in [-0.3, -0.25) is 9.69 Å². The Balaban J connectivity index is 0.000000207. The molecule has 2 aromatic rings. The minimum Gasteiger partial charge on any atom is -0.493 e. The Morgan fingerprint density at radius 1 is 0.941 bits per heavy atom. The molecule has 0 atom stereocenters. The van der Waals surface area contributed by atoms with Gasteiger partial charge >= 0.3 is 0 Å². The molecule has 2 fully saturated rings. The van der Waals surface area contributed by atoms with E-state index in [0.717, 1.165) is 75.8 Å². The number of hydrogen-bond acceptors (Lipinski definition) is 5. The minimum atomic E-state index is 0.157. The van der Waals surface area contributed by atoms with Crippen LogP contribution in [0.2, 0.25) is 0 Å². The smallest absolute Gasteiger partial charge is 0.219 e. The number of rotatable bonds is 5. The molecule has 0 bridgehead atoms. The molecule has 0 N–H and O–H groups in total. The molecule has 1 saturated heterocycles. The molecule has 6 heteroatoms. The molecule has 0 unspecified atom stereocenters. The van der Waals surface area contributed by atoms with E-state index < -0.39 is 0 Å². The van der Waals surface area contributed by atoms with Crippen LogP contribution in [-0.4, -0.2) is 61.6 Å². The number of ether oxygens (including phenoxy) is 2. The first-order valence-corrected chi connectivity index (χ1v) is 12.7. The fraction of sp³-hybridized carbons (Fsp3) is 0.536. The lowest BCUT2D eigenvalue weighted by molar-refractivity contribution is -0.129. The number of carbonyl (C=O) groups excluding carboxylic acids is 1. The topological polar surface area (TPSA) is 45.2 Å². The monoisotopic (exact) mass is 465 g/mol. The third kappa shape index (κ3) is 6.03. The van der Waals surface area contributed by atoms with Gasteiger partial charge in [-0.1, -0.05) is 31.2 Å². The van der Waals surface area contributed by atoms with Crippen LogP contribution in [0.15, 0.2) is 42.5 Å². The van der Waals surface area contributed by atoms with Gasteiger partial charge < -0.3 is 19.3 Å². The lowest BCUT2D eigenvalue weighted by Crippen LogP contribution is -2.48. The van der Waals surface area contributed by atoms with Gasteiger partial charge in [0.1, 0.15) is 0 Å². The summed E-state index contributed by atoms with van der Waals surface area (Å²) in [4.78, 5) is 18.1. The van der Waals surface area contributed by atoms with Crippen molar-refractivity contribution in [2.45, 2.75) is 58.7 Å². The van der Waals surface area contributed by atoms with Gasteiger partial charge in [-0.25, -0.2) is 0 Å². The maximum Gasteiger partial charge on any atom is 0.219 e. The molecular weight excluding hydrogens is 426 g/mol. The maximum absolute atomic E-state index is 11.4. The highest BCUT2D eigenvalue weighted by atomic mass is 16.5. The number of amides is 1. The van der Waals surface area contributed by atoms with Gasteiger partial charge in [0.15, 0.2) is 11.5 Å². The second-order valence-electron chi connectivity index (χ2n) is 9.42. The first-order valence-electron chi connectivity index (χ1n) is 12.7. The number of nitrogens with zero attached hydrogens (tertiary/aromatic N) is 3. The van der Waals surface area contributed by atoms with Crippen LogP contribution in [-0.2, 0) is 17.9 Å². The Kier molecular flexibility index (Phi) is 8.33. The zero-order chi connectivity index (χ0) is 23.9. The lowest BCUT2D eigenvalue weighted by atomic mass is 10.1. The Morgan fingerprint density at radius 3 is 2.15 bits per heavy atom. The molecule has 5 rings (SSSR count). The first-order chi connectivity index (χ1) is 16.6. The lowest BCUT2D eigenvalue weighted by Gasteiger charge is -2.36. The van der Waals surface area contributed by atoms with Crippen molar-refractivity contribution >= 4 is 11.6 Å². The van der Waals surface area contributed by atoms with Crippen molar-refractivity contribution in [3.8, 4) is 11.5 Å². The Hall–Kier alpha value is -2.73. The maximum atomic E-state index is 11.4. The van der Waals surface area contributed by atoms with E-state index in [-0.39, 0.29) is 5.91 Å². The van der Waals surface area contributed by atoms with E-state index in [1.54, 1.807) is 14.0 Å². The second kappa shape index (κ2) is 11.6. The van der Waals surface area contributed by atoms with E-state index in [9.17, 15) is 4.79 Å². The normalized spacial score (nSPS) is 18.3. The molecule has 2 aliphatic heterocycles. The number of anilines is 1. The average molecular weight is 466 g/mol. The number of piperazine rings is 1. The summed E-state index contributed by atoms with van der Waals surface area (Å²) in [5, 5.41) is 0. The van der Waals surface area contributed by atoms with Crippen LogP contribution >= 0.6 is 0 Å². The van der Waals surface area contributed by atoms with Gasteiger partial charge in [0.25, 0.3) is 0 Å². The molecule has 3 aliphatic rings.